The summed E-state index contributed by atoms with van der Waals surface area (Å²) in [6.45, 7) is 2.05. The van der Waals surface area contributed by atoms with Gasteiger partial charge in [0.1, 0.15) is 0 Å². The number of benzene rings is 2. The van der Waals surface area contributed by atoms with E-state index >= 15 is 0 Å². The summed E-state index contributed by atoms with van der Waals surface area (Å²) in [4.78, 5) is 4.44. The number of nitrogen functional groups attached to an aromatic ring is 1. The third kappa shape index (κ3) is 3.11. The number of hydrogen-bond acceptors (Lipinski definition) is 4. The quantitative estimate of drug-likeness (QED) is 0.743. The Morgan fingerprint density at radius 3 is 2.52 bits per heavy atom. The fraction of sp³-hybridized carbons (Fsp3) is 0.176. The molecule has 4 nitrogen and oxygen atoms in total. The smallest absolute Gasteiger partial charge is 0.227 e. The van der Waals surface area contributed by atoms with E-state index in [1.165, 1.54) is 5.56 Å². The Kier molecular flexibility index (Phi) is 3.69. The molecule has 0 aliphatic carbocycles. The van der Waals surface area contributed by atoms with Crippen molar-refractivity contribution >= 4 is 5.69 Å². The Hall–Kier alpha value is -2.62. The molecule has 0 spiro atoms. The first-order chi connectivity index (χ1) is 10.2. The molecule has 1 aromatic heterocycles. The molecule has 2 N–H and O–H groups in total. The molecule has 0 saturated heterocycles. The number of aryl methyl sites for hydroxylation is 3. The van der Waals surface area contributed by atoms with Gasteiger partial charge in [-0.25, -0.2) is 0 Å². The van der Waals surface area contributed by atoms with E-state index in [2.05, 4.69) is 17.1 Å². The third-order valence-electron chi connectivity index (χ3n) is 3.44. The molecule has 0 radical (unpaired) electrons. The predicted molar refractivity (Wildman–Crippen MR) is 82.7 cm³/mol. The molecule has 3 rings (SSSR count). The number of nitrogens with zero attached hydrogens (tertiary/aromatic N) is 2. The first-order valence-corrected chi connectivity index (χ1v) is 6.95. The van der Waals surface area contributed by atoms with Crippen LogP contribution in [0.2, 0.25) is 0 Å². The van der Waals surface area contributed by atoms with Crippen LogP contribution in [0.1, 0.15) is 17.0 Å². The maximum absolute atomic E-state index is 5.93. The van der Waals surface area contributed by atoms with Crippen LogP contribution in [0.15, 0.2) is 53.1 Å². The number of hydrogen-bond donors (Lipinski definition) is 1. The van der Waals surface area contributed by atoms with Crippen molar-refractivity contribution in [1.29, 1.82) is 0 Å². The largest absolute Gasteiger partial charge is 0.399 e. The molecule has 0 amide bonds. The maximum Gasteiger partial charge on any atom is 0.227 e. The molecular weight excluding hydrogens is 262 g/mol. The van der Waals surface area contributed by atoms with E-state index in [0.29, 0.717) is 18.1 Å². The van der Waals surface area contributed by atoms with E-state index in [9.17, 15) is 0 Å². The van der Waals surface area contributed by atoms with Gasteiger partial charge in [-0.15, -0.1) is 0 Å². The molecule has 0 atom stereocenters. The molecule has 2 aromatic carbocycles. The van der Waals surface area contributed by atoms with Crippen molar-refractivity contribution < 1.29 is 4.52 Å². The Labute approximate surface area is 123 Å². The zero-order chi connectivity index (χ0) is 14.7. The number of aromatic nitrogens is 2. The van der Waals surface area contributed by atoms with Crippen molar-refractivity contribution in [3.05, 3.63) is 65.5 Å². The van der Waals surface area contributed by atoms with Gasteiger partial charge in [0.25, 0.3) is 0 Å². The summed E-state index contributed by atoms with van der Waals surface area (Å²) in [5.41, 5.74) is 10.0. The number of para-hydroxylation sites is 1. The second-order valence-electron chi connectivity index (χ2n) is 5.08. The van der Waals surface area contributed by atoms with Crippen LogP contribution in [-0.2, 0) is 12.8 Å². The summed E-state index contributed by atoms with van der Waals surface area (Å²) < 4.78 is 5.31. The van der Waals surface area contributed by atoms with Gasteiger partial charge in [-0.05, 0) is 25.0 Å². The van der Waals surface area contributed by atoms with Gasteiger partial charge < -0.3 is 10.3 Å². The van der Waals surface area contributed by atoms with E-state index in [0.717, 1.165) is 23.2 Å². The highest BCUT2D eigenvalue weighted by Crippen LogP contribution is 2.18. The summed E-state index contributed by atoms with van der Waals surface area (Å²) in [7, 11) is 0. The molecule has 0 fully saturated rings. The maximum atomic E-state index is 5.93. The molecule has 0 bridgehead atoms. The van der Waals surface area contributed by atoms with Crippen LogP contribution in [0.25, 0.3) is 11.4 Å². The minimum atomic E-state index is 0.631. The first-order valence-electron chi connectivity index (χ1n) is 6.95. The second kappa shape index (κ2) is 5.79. The van der Waals surface area contributed by atoms with Gasteiger partial charge in [-0.2, -0.15) is 4.98 Å². The summed E-state index contributed by atoms with van der Waals surface area (Å²) in [5, 5.41) is 4.03. The monoisotopic (exact) mass is 279 g/mol. The second-order valence-corrected chi connectivity index (χ2v) is 5.08. The average Bonchev–Trinajstić information content (AvgIpc) is 2.96. The average molecular weight is 279 g/mol. The van der Waals surface area contributed by atoms with Crippen LogP contribution < -0.4 is 5.73 Å². The van der Waals surface area contributed by atoms with E-state index in [1.807, 2.05) is 48.5 Å². The van der Waals surface area contributed by atoms with Crippen LogP contribution >= 0.6 is 0 Å². The Balaban J connectivity index is 1.71. The van der Waals surface area contributed by atoms with Crippen LogP contribution in [0, 0.1) is 6.92 Å². The van der Waals surface area contributed by atoms with Gasteiger partial charge >= 0.3 is 0 Å². The van der Waals surface area contributed by atoms with Crippen molar-refractivity contribution in [1.82, 2.24) is 10.1 Å². The molecule has 106 valence electrons. The Bertz CT molecular complexity index is 732. The number of anilines is 1. The Morgan fingerprint density at radius 2 is 1.76 bits per heavy atom. The van der Waals surface area contributed by atoms with Crippen molar-refractivity contribution in [3.8, 4) is 11.4 Å². The minimum absolute atomic E-state index is 0.631. The first kappa shape index (κ1) is 13.4. The lowest BCUT2D eigenvalue weighted by Gasteiger charge is -2.02. The van der Waals surface area contributed by atoms with Crippen LogP contribution in [-0.4, -0.2) is 10.1 Å². The molecule has 4 heteroatoms. The molecule has 0 aliphatic rings. The van der Waals surface area contributed by atoms with E-state index < -0.39 is 0 Å². The molecule has 3 aromatic rings. The highest BCUT2D eigenvalue weighted by atomic mass is 16.5. The third-order valence-corrected chi connectivity index (χ3v) is 3.44. The van der Waals surface area contributed by atoms with Crippen LogP contribution in [0.4, 0.5) is 5.69 Å². The molecule has 0 unspecified atom stereocenters. The molecular formula is C17H17N3O. The molecule has 21 heavy (non-hydrogen) atoms. The van der Waals surface area contributed by atoms with Gasteiger partial charge in [0.05, 0.1) is 0 Å². The topological polar surface area (TPSA) is 64.9 Å². The highest BCUT2D eigenvalue weighted by molar-refractivity contribution is 5.54. The number of nitrogens with two attached hydrogens (primary N) is 1. The zero-order valence-corrected chi connectivity index (χ0v) is 11.9. The van der Waals surface area contributed by atoms with Crippen molar-refractivity contribution in [2.24, 2.45) is 0 Å². The zero-order valence-electron chi connectivity index (χ0n) is 11.9. The van der Waals surface area contributed by atoms with E-state index in [1.54, 1.807) is 0 Å². The lowest BCUT2D eigenvalue weighted by molar-refractivity contribution is 0.379. The normalized spacial score (nSPS) is 10.7. The summed E-state index contributed by atoms with van der Waals surface area (Å²) in [5.74, 6) is 1.26. The lowest BCUT2D eigenvalue weighted by atomic mass is 10.1. The fourth-order valence-corrected chi connectivity index (χ4v) is 2.18. The van der Waals surface area contributed by atoms with Gasteiger partial charge in [0.2, 0.25) is 11.7 Å². The summed E-state index contributed by atoms with van der Waals surface area (Å²) >= 11 is 0. The standard InChI is InChI=1S/C17H17N3O/c1-12-6-8-14(9-7-12)17-19-16(21-20-17)11-10-13-4-2-3-5-15(13)18/h2-9H,10-11,18H2,1H3. The van der Waals surface area contributed by atoms with Crippen LogP contribution in [0.3, 0.4) is 0 Å². The Morgan fingerprint density at radius 1 is 1.00 bits per heavy atom. The molecule has 0 saturated carbocycles. The van der Waals surface area contributed by atoms with Gasteiger partial charge in [0.15, 0.2) is 0 Å². The fourth-order valence-electron chi connectivity index (χ4n) is 2.18. The molecule has 0 aliphatic heterocycles. The highest BCUT2D eigenvalue weighted by Gasteiger charge is 2.09. The van der Waals surface area contributed by atoms with Gasteiger partial charge in [-0.1, -0.05) is 53.2 Å². The lowest BCUT2D eigenvalue weighted by Crippen LogP contribution is -1.97. The van der Waals surface area contributed by atoms with E-state index in [-0.39, 0.29) is 0 Å². The van der Waals surface area contributed by atoms with Crippen molar-refractivity contribution in [2.75, 3.05) is 5.73 Å². The van der Waals surface area contributed by atoms with E-state index in [4.69, 9.17) is 10.3 Å². The van der Waals surface area contributed by atoms with Gasteiger partial charge in [-0.3, -0.25) is 0 Å². The van der Waals surface area contributed by atoms with Crippen molar-refractivity contribution in [3.63, 3.8) is 0 Å². The van der Waals surface area contributed by atoms with Crippen molar-refractivity contribution in [2.45, 2.75) is 19.8 Å². The number of rotatable bonds is 4. The minimum Gasteiger partial charge on any atom is -0.399 e. The summed E-state index contributed by atoms with van der Waals surface area (Å²) in [6.07, 6.45) is 1.48. The molecule has 1 heterocycles. The van der Waals surface area contributed by atoms with Gasteiger partial charge in [0, 0.05) is 17.7 Å². The summed E-state index contributed by atoms with van der Waals surface area (Å²) in [6, 6.07) is 15.9. The SMILES string of the molecule is Cc1ccc(-c2noc(CCc3ccccc3N)n2)cc1. The predicted octanol–water partition coefficient (Wildman–Crippen LogP) is 3.41. The van der Waals surface area contributed by atoms with Crippen LogP contribution in [0.5, 0.6) is 0 Å².